The van der Waals surface area contributed by atoms with Crippen LogP contribution in [0.15, 0.2) is 12.1 Å². The van der Waals surface area contributed by atoms with Crippen molar-refractivity contribution in [2.24, 2.45) is 5.73 Å². The van der Waals surface area contributed by atoms with Gasteiger partial charge < -0.3 is 11.1 Å². The van der Waals surface area contributed by atoms with Gasteiger partial charge in [0.1, 0.15) is 0 Å². The molecule has 0 aliphatic heterocycles. The molecule has 1 rings (SSSR count). The van der Waals surface area contributed by atoms with Crippen molar-refractivity contribution < 1.29 is 4.79 Å². The second-order valence-electron chi connectivity index (χ2n) is 3.93. The van der Waals surface area contributed by atoms with Gasteiger partial charge in [-0.2, -0.15) is 0 Å². The van der Waals surface area contributed by atoms with E-state index >= 15 is 0 Å². The van der Waals surface area contributed by atoms with Gasteiger partial charge in [-0.1, -0.05) is 0 Å². The highest BCUT2D eigenvalue weighted by molar-refractivity contribution is 14.1. The van der Waals surface area contributed by atoms with Gasteiger partial charge in [-0.25, -0.2) is 0 Å². The molecule has 84 valence electrons. The molecule has 0 aromatic carbocycles. The summed E-state index contributed by atoms with van der Waals surface area (Å²) in [6.45, 7) is 4.06. The van der Waals surface area contributed by atoms with Gasteiger partial charge in [-0.05, 0) is 55.0 Å². The molecule has 0 fully saturated rings. The minimum absolute atomic E-state index is 0.103. The molecule has 1 aromatic heterocycles. The van der Waals surface area contributed by atoms with Crippen molar-refractivity contribution in [3.8, 4) is 0 Å². The van der Waals surface area contributed by atoms with Crippen LogP contribution in [0.4, 0.5) is 0 Å². The average molecular weight is 338 g/mol. The second-order valence-corrected chi connectivity index (χ2v) is 7.00. The van der Waals surface area contributed by atoms with Crippen molar-refractivity contribution in [1.82, 2.24) is 5.32 Å². The van der Waals surface area contributed by atoms with Gasteiger partial charge in [0.05, 0.1) is 8.42 Å². The highest BCUT2D eigenvalue weighted by atomic mass is 127. The summed E-state index contributed by atoms with van der Waals surface area (Å²) < 4.78 is 1.27. The van der Waals surface area contributed by atoms with Gasteiger partial charge in [-0.15, -0.1) is 11.3 Å². The normalized spacial score (nSPS) is 11.5. The van der Waals surface area contributed by atoms with E-state index < -0.39 is 5.54 Å². The van der Waals surface area contributed by atoms with Crippen molar-refractivity contribution in [2.75, 3.05) is 6.54 Å². The molecule has 1 amide bonds. The first-order valence-electron chi connectivity index (χ1n) is 4.71. The standard InChI is InChI=1S/C10H15IN2OS/c1-10(2,12)9(14)13-6-5-7-3-4-8(11)15-7/h3-4H,5-6,12H2,1-2H3,(H,13,14). The van der Waals surface area contributed by atoms with Crippen LogP contribution in [0.1, 0.15) is 18.7 Å². The van der Waals surface area contributed by atoms with Gasteiger partial charge in [-0.3, -0.25) is 4.79 Å². The third kappa shape index (κ3) is 4.48. The summed E-state index contributed by atoms with van der Waals surface area (Å²) >= 11 is 4.04. The van der Waals surface area contributed by atoms with E-state index in [4.69, 9.17) is 5.73 Å². The Labute approximate surface area is 108 Å². The molecule has 0 bridgehead atoms. The highest BCUT2D eigenvalue weighted by Gasteiger charge is 2.20. The Balaban J connectivity index is 2.31. The first kappa shape index (κ1) is 12.9. The van der Waals surface area contributed by atoms with Crippen LogP contribution in [0, 0.1) is 2.88 Å². The molecule has 0 radical (unpaired) electrons. The smallest absolute Gasteiger partial charge is 0.239 e. The minimum Gasteiger partial charge on any atom is -0.354 e. The number of halogens is 1. The third-order valence-electron chi connectivity index (χ3n) is 1.87. The van der Waals surface area contributed by atoms with Crippen LogP contribution in [0.5, 0.6) is 0 Å². The molecule has 0 saturated heterocycles. The zero-order chi connectivity index (χ0) is 11.5. The van der Waals surface area contributed by atoms with Crippen LogP contribution in [0.3, 0.4) is 0 Å². The predicted molar refractivity (Wildman–Crippen MR) is 72.0 cm³/mol. The van der Waals surface area contributed by atoms with Crippen molar-refractivity contribution in [2.45, 2.75) is 25.8 Å². The number of thiophene rings is 1. The molecule has 3 N–H and O–H groups in total. The molecular formula is C10H15IN2OS. The van der Waals surface area contributed by atoms with Gasteiger partial charge >= 0.3 is 0 Å². The molecule has 0 saturated carbocycles. The number of nitrogens with one attached hydrogen (secondary N) is 1. The van der Waals surface area contributed by atoms with Gasteiger partial charge in [0.15, 0.2) is 0 Å². The van der Waals surface area contributed by atoms with E-state index in [9.17, 15) is 4.79 Å². The van der Waals surface area contributed by atoms with E-state index in [0.717, 1.165) is 6.42 Å². The summed E-state index contributed by atoms with van der Waals surface area (Å²) in [6, 6.07) is 4.17. The third-order valence-corrected chi connectivity index (χ3v) is 3.82. The van der Waals surface area contributed by atoms with E-state index in [2.05, 4.69) is 40.0 Å². The van der Waals surface area contributed by atoms with Crippen molar-refractivity contribution >= 4 is 39.8 Å². The maximum atomic E-state index is 11.4. The van der Waals surface area contributed by atoms with Crippen LogP contribution >= 0.6 is 33.9 Å². The fourth-order valence-corrected chi connectivity index (χ4v) is 2.77. The van der Waals surface area contributed by atoms with Crippen LogP contribution < -0.4 is 11.1 Å². The summed E-state index contributed by atoms with van der Waals surface area (Å²) in [4.78, 5) is 12.7. The van der Waals surface area contributed by atoms with Crippen LogP contribution in [-0.2, 0) is 11.2 Å². The zero-order valence-electron chi connectivity index (χ0n) is 8.84. The Morgan fingerprint density at radius 1 is 1.60 bits per heavy atom. The number of amides is 1. The van der Waals surface area contributed by atoms with Gasteiger partial charge in [0.25, 0.3) is 0 Å². The molecule has 15 heavy (non-hydrogen) atoms. The molecule has 0 aliphatic carbocycles. The fourth-order valence-electron chi connectivity index (χ4n) is 1.01. The monoisotopic (exact) mass is 338 g/mol. The van der Waals surface area contributed by atoms with Crippen LogP contribution in [-0.4, -0.2) is 18.0 Å². The Hall–Kier alpha value is -0.140. The van der Waals surface area contributed by atoms with Gasteiger partial charge in [0.2, 0.25) is 5.91 Å². The van der Waals surface area contributed by atoms with Crippen molar-refractivity contribution in [1.29, 1.82) is 0 Å². The quantitative estimate of drug-likeness (QED) is 0.822. The lowest BCUT2D eigenvalue weighted by Crippen LogP contribution is -2.49. The van der Waals surface area contributed by atoms with Crippen molar-refractivity contribution in [3.63, 3.8) is 0 Å². The summed E-state index contributed by atoms with van der Waals surface area (Å²) in [7, 11) is 0. The molecule has 0 atom stereocenters. The lowest BCUT2D eigenvalue weighted by molar-refractivity contribution is -0.125. The summed E-state index contributed by atoms with van der Waals surface area (Å²) in [5.74, 6) is -0.103. The highest BCUT2D eigenvalue weighted by Crippen LogP contribution is 2.18. The Kier molecular flexibility index (Phi) is 4.54. The lowest BCUT2D eigenvalue weighted by atomic mass is 10.1. The Morgan fingerprint density at radius 2 is 2.27 bits per heavy atom. The predicted octanol–water partition coefficient (Wildman–Crippen LogP) is 1.75. The maximum absolute atomic E-state index is 11.4. The number of nitrogens with two attached hydrogens (primary N) is 1. The van der Waals surface area contributed by atoms with E-state index in [1.165, 1.54) is 7.76 Å². The van der Waals surface area contributed by atoms with E-state index in [1.54, 1.807) is 25.2 Å². The molecule has 0 aliphatic rings. The molecule has 1 heterocycles. The largest absolute Gasteiger partial charge is 0.354 e. The maximum Gasteiger partial charge on any atom is 0.239 e. The SMILES string of the molecule is CC(C)(N)C(=O)NCCc1ccc(I)s1. The van der Waals surface area contributed by atoms with E-state index in [0.29, 0.717) is 6.54 Å². The lowest BCUT2D eigenvalue weighted by Gasteiger charge is -2.17. The topological polar surface area (TPSA) is 55.1 Å². The summed E-state index contributed by atoms with van der Waals surface area (Å²) in [5, 5.41) is 2.82. The molecular weight excluding hydrogens is 323 g/mol. The molecule has 3 nitrogen and oxygen atoms in total. The first-order valence-corrected chi connectivity index (χ1v) is 6.60. The molecule has 1 aromatic rings. The zero-order valence-corrected chi connectivity index (χ0v) is 11.8. The summed E-state index contributed by atoms with van der Waals surface area (Å²) in [6.07, 6.45) is 0.871. The molecule has 5 heteroatoms. The Morgan fingerprint density at radius 3 is 2.73 bits per heavy atom. The van der Waals surface area contributed by atoms with Crippen LogP contribution in [0.25, 0.3) is 0 Å². The number of rotatable bonds is 4. The van der Waals surface area contributed by atoms with Crippen molar-refractivity contribution in [3.05, 3.63) is 19.9 Å². The van der Waals surface area contributed by atoms with Gasteiger partial charge in [0, 0.05) is 11.4 Å². The fraction of sp³-hybridized carbons (Fsp3) is 0.500. The first-order chi connectivity index (χ1) is 6.89. The van der Waals surface area contributed by atoms with E-state index in [1.807, 2.05) is 0 Å². The van der Waals surface area contributed by atoms with E-state index in [-0.39, 0.29) is 5.91 Å². The minimum atomic E-state index is -0.788. The second kappa shape index (κ2) is 5.27. The number of carbonyl (C=O) groups excluding carboxylic acids is 1. The molecule has 0 spiro atoms. The molecule has 0 unspecified atom stereocenters. The number of carbonyl (C=O) groups is 1. The number of hydrogen-bond donors (Lipinski definition) is 2. The summed E-state index contributed by atoms with van der Waals surface area (Å²) in [5.41, 5.74) is 4.86. The number of hydrogen-bond acceptors (Lipinski definition) is 3. The average Bonchev–Trinajstić information content (AvgIpc) is 2.49. The Bertz CT molecular complexity index is 343. The van der Waals surface area contributed by atoms with Crippen LogP contribution in [0.2, 0.25) is 0 Å².